The molecule has 1 amide bonds. The summed E-state index contributed by atoms with van der Waals surface area (Å²) in [5, 5.41) is 14.1. The summed E-state index contributed by atoms with van der Waals surface area (Å²) in [6, 6.07) is 6.98. The van der Waals surface area contributed by atoms with E-state index in [1.54, 1.807) is 12.1 Å². The molecule has 0 aliphatic carbocycles. The van der Waals surface area contributed by atoms with Gasteiger partial charge in [0.1, 0.15) is 5.69 Å². The van der Waals surface area contributed by atoms with E-state index in [0.29, 0.717) is 18.8 Å². The van der Waals surface area contributed by atoms with Crippen molar-refractivity contribution in [1.29, 1.82) is 0 Å². The molecular weight excluding hydrogens is 282 g/mol. The predicted octanol–water partition coefficient (Wildman–Crippen LogP) is 2.73. The van der Waals surface area contributed by atoms with Crippen LogP contribution in [0.5, 0.6) is 0 Å². The van der Waals surface area contributed by atoms with Gasteiger partial charge < -0.3 is 10.2 Å². The molecule has 0 saturated carbocycles. The highest BCUT2D eigenvalue weighted by Gasteiger charge is 2.28. The fourth-order valence-electron chi connectivity index (χ4n) is 2.73. The second-order valence-electron chi connectivity index (χ2n) is 5.83. The van der Waals surface area contributed by atoms with Crippen LogP contribution >= 0.6 is 0 Å². The number of amides is 1. The number of nitro groups is 1. The van der Waals surface area contributed by atoms with Crippen LogP contribution in [-0.4, -0.2) is 30.0 Å². The van der Waals surface area contributed by atoms with E-state index in [9.17, 15) is 14.9 Å². The van der Waals surface area contributed by atoms with Crippen molar-refractivity contribution in [3.8, 4) is 0 Å². The fraction of sp³-hybridized carbons (Fsp3) is 0.562. The first-order chi connectivity index (χ1) is 10.5. The molecule has 1 unspecified atom stereocenters. The second kappa shape index (κ2) is 7.24. The summed E-state index contributed by atoms with van der Waals surface area (Å²) < 4.78 is 0. The largest absolute Gasteiger partial charge is 0.366 e. The Morgan fingerprint density at radius 1 is 1.41 bits per heavy atom. The molecule has 0 radical (unpaired) electrons. The number of nitrogens with one attached hydrogen (secondary N) is 1. The Bertz CT molecular complexity index is 539. The summed E-state index contributed by atoms with van der Waals surface area (Å²) in [6.07, 6.45) is 2.38. The normalized spacial score (nSPS) is 17.1. The number of nitrogens with zero attached hydrogens (tertiary/aromatic N) is 2. The molecule has 1 heterocycles. The maximum absolute atomic E-state index is 12.1. The SMILES string of the molecule is CCC(C)NC(=O)C1CCN(c2ccccc2[N+](=O)[O-])CC1. The summed E-state index contributed by atoms with van der Waals surface area (Å²) in [5.41, 5.74) is 0.776. The predicted molar refractivity (Wildman–Crippen MR) is 85.9 cm³/mol. The quantitative estimate of drug-likeness (QED) is 0.670. The smallest absolute Gasteiger partial charge is 0.292 e. The number of para-hydroxylation sites is 2. The first-order valence-electron chi connectivity index (χ1n) is 7.81. The lowest BCUT2D eigenvalue weighted by atomic mass is 9.95. The van der Waals surface area contributed by atoms with Gasteiger partial charge in [0.15, 0.2) is 0 Å². The van der Waals surface area contributed by atoms with Gasteiger partial charge in [-0.2, -0.15) is 0 Å². The molecule has 2 rings (SSSR count). The van der Waals surface area contributed by atoms with Gasteiger partial charge in [0.2, 0.25) is 5.91 Å². The molecule has 120 valence electrons. The molecule has 0 aromatic heterocycles. The fourth-order valence-corrected chi connectivity index (χ4v) is 2.73. The molecule has 6 nitrogen and oxygen atoms in total. The number of hydrogen-bond acceptors (Lipinski definition) is 4. The van der Waals surface area contributed by atoms with Crippen LogP contribution in [0.25, 0.3) is 0 Å². The van der Waals surface area contributed by atoms with Crippen LogP contribution in [-0.2, 0) is 4.79 Å². The van der Waals surface area contributed by atoms with Crippen LogP contribution in [0.4, 0.5) is 11.4 Å². The van der Waals surface area contributed by atoms with Gasteiger partial charge in [0.05, 0.1) is 4.92 Å². The summed E-state index contributed by atoms with van der Waals surface area (Å²) in [7, 11) is 0. The van der Waals surface area contributed by atoms with E-state index in [0.717, 1.165) is 19.3 Å². The summed E-state index contributed by atoms with van der Waals surface area (Å²) >= 11 is 0. The van der Waals surface area contributed by atoms with E-state index in [4.69, 9.17) is 0 Å². The van der Waals surface area contributed by atoms with Gasteiger partial charge in [-0.25, -0.2) is 0 Å². The van der Waals surface area contributed by atoms with E-state index in [1.165, 1.54) is 6.07 Å². The zero-order valence-corrected chi connectivity index (χ0v) is 13.1. The van der Waals surface area contributed by atoms with Crippen molar-refractivity contribution in [3.05, 3.63) is 34.4 Å². The zero-order valence-electron chi connectivity index (χ0n) is 13.1. The molecule has 1 atom stereocenters. The van der Waals surface area contributed by atoms with Gasteiger partial charge in [0.25, 0.3) is 5.69 Å². The highest BCUT2D eigenvalue weighted by molar-refractivity contribution is 5.79. The molecule has 1 aromatic rings. The van der Waals surface area contributed by atoms with Crippen molar-refractivity contribution in [2.75, 3.05) is 18.0 Å². The van der Waals surface area contributed by atoms with Crippen LogP contribution < -0.4 is 10.2 Å². The first kappa shape index (κ1) is 16.3. The Labute approximate surface area is 130 Å². The van der Waals surface area contributed by atoms with Crippen molar-refractivity contribution in [1.82, 2.24) is 5.32 Å². The van der Waals surface area contributed by atoms with Crippen LogP contribution in [0.2, 0.25) is 0 Å². The van der Waals surface area contributed by atoms with Gasteiger partial charge in [-0.1, -0.05) is 19.1 Å². The van der Waals surface area contributed by atoms with Gasteiger partial charge in [0, 0.05) is 31.1 Å². The number of nitro benzene ring substituents is 1. The molecule has 1 aromatic carbocycles. The van der Waals surface area contributed by atoms with E-state index < -0.39 is 0 Å². The molecule has 1 N–H and O–H groups in total. The molecule has 0 spiro atoms. The average Bonchev–Trinajstić information content (AvgIpc) is 2.54. The summed E-state index contributed by atoms with van der Waals surface area (Å²) in [4.78, 5) is 24.9. The Morgan fingerprint density at radius 3 is 2.64 bits per heavy atom. The Kier molecular flexibility index (Phi) is 5.35. The molecule has 6 heteroatoms. The minimum Gasteiger partial charge on any atom is -0.366 e. The lowest BCUT2D eigenvalue weighted by molar-refractivity contribution is -0.384. The number of carbonyl (C=O) groups is 1. The Hall–Kier alpha value is -2.11. The highest BCUT2D eigenvalue weighted by atomic mass is 16.6. The molecule has 1 aliphatic rings. The maximum Gasteiger partial charge on any atom is 0.292 e. The minimum absolute atomic E-state index is 0.00742. The lowest BCUT2D eigenvalue weighted by Gasteiger charge is -2.33. The monoisotopic (exact) mass is 305 g/mol. The van der Waals surface area contributed by atoms with Gasteiger partial charge in [-0.15, -0.1) is 0 Å². The van der Waals surface area contributed by atoms with E-state index in [2.05, 4.69) is 5.32 Å². The third-order valence-electron chi connectivity index (χ3n) is 4.29. The first-order valence-corrected chi connectivity index (χ1v) is 7.81. The molecule has 22 heavy (non-hydrogen) atoms. The Morgan fingerprint density at radius 2 is 2.05 bits per heavy atom. The van der Waals surface area contributed by atoms with Crippen molar-refractivity contribution in [2.24, 2.45) is 5.92 Å². The molecule has 0 bridgehead atoms. The van der Waals surface area contributed by atoms with E-state index >= 15 is 0 Å². The maximum atomic E-state index is 12.1. The van der Waals surface area contributed by atoms with Crippen molar-refractivity contribution in [3.63, 3.8) is 0 Å². The van der Waals surface area contributed by atoms with Crippen molar-refractivity contribution < 1.29 is 9.72 Å². The zero-order chi connectivity index (χ0) is 16.1. The minimum atomic E-state index is -0.350. The lowest BCUT2D eigenvalue weighted by Crippen LogP contribution is -2.43. The third-order valence-corrected chi connectivity index (χ3v) is 4.29. The average molecular weight is 305 g/mol. The second-order valence-corrected chi connectivity index (χ2v) is 5.83. The number of benzene rings is 1. The Balaban J connectivity index is 1.98. The van der Waals surface area contributed by atoms with Crippen LogP contribution in [0.15, 0.2) is 24.3 Å². The summed E-state index contributed by atoms with van der Waals surface area (Å²) in [6.45, 7) is 5.38. The van der Waals surface area contributed by atoms with Gasteiger partial charge in [-0.05, 0) is 32.3 Å². The number of carbonyl (C=O) groups excluding carboxylic acids is 1. The van der Waals surface area contributed by atoms with Gasteiger partial charge >= 0.3 is 0 Å². The topological polar surface area (TPSA) is 75.5 Å². The van der Waals surface area contributed by atoms with Crippen LogP contribution in [0, 0.1) is 16.0 Å². The van der Waals surface area contributed by atoms with Crippen molar-refractivity contribution in [2.45, 2.75) is 39.2 Å². The number of anilines is 1. The number of hydrogen-bond donors (Lipinski definition) is 1. The molecule has 1 saturated heterocycles. The molecular formula is C16H23N3O3. The standard InChI is InChI=1S/C16H23N3O3/c1-3-12(2)17-16(20)13-8-10-18(11-9-13)14-6-4-5-7-15(14)19(21)22/h4-7,12-13H,3,8-11H2,1-2H3,(H,17,20). The number of rotatable bonds is 5. The van der Waals surface area contributed by atoms with Crippen LogP contribution in [0.3, 0.4) is 0 Å². The van der Waals surface area contributed by atoms with Gasteiger partial charge in [-0.3, -0.25) is 14.9 Å². The highest BCUT2D eigenvalue weighted by Crippen LogP contribution is 2.31. The molecule has 1 aliphatic heterocycles. The van der Waals surface area contributed by atoms with E-state index in [-0.39, 0.29) is 28.5 Å². The van der Waals surface area contributed by atoms with Crippen LogP contribution in [0.1, 0.15) is 33.1 Å². The van der Waals surface area contributed by atoms with E-state index in [1.807, 2.05) is 24.8 Å². The summed E-state index contributed by atoms with van der Waals surface area (Å²) in [5.74, 6) is 0.115. The third kappa shape index (κ3) is 3.75. The van der Waals surface area contributed by atoms with Crippen molar-refractivity contribution >= 4 is 17.3 Å². The number of piperidine rings is 1. The molecule has 1 fully saturated rings.